The second-order valence-electron chi connectivity index (χ2n) is 3.77. The molecule has 1 rings (SSSR count). The Morgan fingerprint density at radius 2 is 2.28 bits per heavy atom. The Hall–Kier alpha value is -0.630. The van der Waals surface area contributed by atoms with Gasteiger partial charge in [-0.05, 0) is 28.8 Å². The zero-order chi connectivity index (χ0) is 13.8. The third kappa shape index (κ3) is 3.44. The number of hydrogen-bond acceptors (Lipinski definition) is 4. The first-order valence-corrected chi connectivity index (χ1v) is 7.63. The number of nitrogens with zero attached hydrogens (tertiary/aromatic N) is 1. The van der Waals surface area contributed by atoms with Crippen LogP contribution in [-0.4, -0.2) is 31.4 Å². The van der Waals surface area contributed by atoms with Gasteiger partial charge >= 0.3 is 0 Å². The summed E-state index contributed by atoms with van der Waals surface area (Å²) in [5.74, 6) is 0.208. The Bertz CT molecular complexity index is 509. The molecule has 5 nitrogen and oxygen atoms in total. The number of rotatable bonds is 7. The average Bonchev–Trinajstić information content (AvgIpc) is 2.71. The third-order valence-electron chi connectivity index (χ3n) is 2.43. The normalized spacial score (nSPS) is 12.0. The summed E-state index contributed by atoms with van der Waals surface area (Å²) in [5, 5.41) is 8.92. The van der Waals surface area contributed by atoms with E-state index in [-0.39, 0.29) is 21.9 Å². The second kappa shape index (κ2) is 6.51. The smallest absolute Gasteiger partial charge is 0.247 e. The van der Waals surface area contributed by atoms with Gasteiger partial charge in [0.15, 0.2) is 4.67 Å². The molecule has 0 bridgehead atoms. The molecule has 1 heterocycles. The minimum Gasteiger partial charge on any atom is -0.450 e. The SMILES string of the molecule is C=CCCCN(C)S(=O)(=O)c1cc(CO)oc1Br. The van der Waals surface area contributed by atoms with E-state index in [2.05, 4.69) is 22.5 Å². The molecule has 0 unspecified atom stereocenters. The molecule has 1 N–H and O–H groups in total. The van der Waals surface area contributed by atoms with Gasteiger partial charge in [-0.25, -0.2) is 12.7 Å². The van der Waals surface area contributed by atoms with E-state index in [1.54, 1.807) is 6.08 Å². The molecule has 7 heteroatoms. The lowest BCUT2D eigenvalue weighted by atomic mass is 10.3. The molecule has 102 valence electrons. The summed E-state index contributed by atoms with van der Waals surface area (Å²) < 4.78 is 30.9. The summed E-state index contributed by atoms with van der Waals surface area (Å²) in [4.78, 5) is 0.0349. The fourth-order valence-corrected chi connectivity index (χ4v) is 3.56. The number of unbranched alkanes of at least 4 members (excludes halogenated alkanes) is 1. The first kappa shape index (κ1) is 15.4. The summed E-state index contributed by atoms with van der Waals surface area (Å²) in [6.07, 6.45) is 3.22. The highest BCUT2D eigenvalue weighted by molar-refractivity contribution is 9.10. The predicted octanol–water partition coefficient (Wildman–Crippen LogP) is 2.12. The molecule has 0 fully saturated rings. The van der Waals surface area contributed by atoms with Crippen LogP contribution in [0.3, 0.4) is 0 Å². The van der Waals surface area contributed by atoms with Gasteiger partial charge in [0.05, 0.1) is 0 Å². The highest BCUT2D eigenvalue weighted by atomic mass is 79.9. The number of furan rings is 1. The quantitative estimate of drug-likeness (QED) is 0.611. The van der Waals surface area contributed by atoms with Crippen LogP contribution in [0.5, 0.6) is 0 Å². The Balaban J connectivity index is 2.90. The molecule has 0 saturated carbocycles. The van der Waals surface area contributed by atoms with Crippen molar-refractivity contribution in [2.75, 3.05) is 13.6 Å². The van der Waals surface area contributed by atoms with Crippen LogP contribution in [0.25, 0.3) is 0 Å². The molecule has 18 heavy (non-hydrogen) atoms. The molecule has 0 amide bonds. The van der Waals surface area contributed by atoms with Gasteiger partial charge in [0.25, 0.3) is 0 Å². The lowest BCUT2D eigenvalue weighted by Crippen LogP contribution is -2.27. The van der Waals surface area contributed by atoms with E-state index in [1.807, 2.05) is 0 Å². The first-order valence-electron chi connectivity index (χ1n) is 5.39. The number of halogens is 1. The molecule has 0 saturated heterocycles. The highest BCUT2D eigenvalue weighted by Crippen LogP contribution is 2.28. The van der Waals surface area contributed by atoms with Crippen LogP contribution in [0.15, 0.2) is 32.7 Å². The molecule has 0 atom stereocenters. The number of aliphatic hydroxyl groups excluding tert-OH is 1. The van der Waals surface area contributed by atoms with Crippen molar-refractivity contribution in [2.45, 2.75) is 24.3 Å². The monoisotopic (exact) mass is 337 g/mol. The zero-order valence-electron chi connectivity index (χ0n) is 10.1. The van der Waals surface area contributed by atoms with Gasteiger partial charge in [0, 0.05) is 19.7 Å². The topological polar surface area (TPSA) is 70.8 Å². The van der Waals surface area contributed by atoms with E-state index >= 15 is 0 Å². The van der Waals surface area contributed by atoms with E-state index in [0.717, 1.165) is 6.42 Å². The van der Waals surface area contributed by atoms with Crippen molar-refractivity contribution in [1.29, 1.82) is 0 Å². The molecule has 0 aliphatic heterocycles. The third-order valence-corrected chi connectivity index (χ3v) is 5.15. The first-order chi connectivity index (χ1) is 8.43. The van der Waals surface area contributed by atoms with Gasteiger partial charge in [-0.3, -0.25) is 0 Å². The van der Waals surface area contributed by atoms with Crippen LogP contribution < -0.4 is 0 Å². The summed E-state index contributed by atoms with van der Waals surface area (Å²) in [6, 6.07) is 1.32. The van der Waals surface area contributed by atoms with Gasteiger partial charge in [0.1, 0.15) is 17.3 Å². The fourth-order valence-electron chi connectivity index (χ4n) is 1.40. The molecular formula is C11H16BrNO4S. The standard InChI is InChI=1S/C11H16BrNO4S/c1-3-4-5-6-13(2)18(15,16)10-7-9(8-14)17-11(10)12/h3,7,14H,1,4-6,8H2,2H3. The maximum Gasteiger partial charge on any atom is 0.247 e. The van der Waals surface area contributed by atoms with Crippen LogP contribution in [0.4, 0.5) is 0 Å². The van der Waals surface area contributed by atoms with Crippen molar-refractivity contribution >= 4 is 26.0 Å². The van der Waals surface area contributed by atoms with Crippen LogP contribution in [0.1, 0.15) is 18.6 Å². The van der Waals surface area contributed by atoms with Crippen LogP contribution in [0.2, 0.25) is 0 Å². The van der Waals surface area contributed by atoms with Gasteiger partial charge in [-0.1, -0.05) is 6.08 Å². The van der Waals surface area contributed by atoms with E-state index < -0.39 is 10.0 Å². The van der Waals surface area contributed by atoms with E-state index in [1.165, 1.54) is 17.4 Å². The molecule has 0 spiro atoms. The molecule has 0 radical (unpaired) electrons. The van der Waals surface area contributed by atoms with Crippen molar-refractivity contribution in [2.24, 2.45) is 0 Å². The summed E-state index contributed by atoms with van der Waals surface area (Å²) in [5.41, 5.74) is 0. The summed E-state index contributed by atoms with van der Waals surface area (Å²) >= 11 is 3.04. The van der Waals surface area contributed by atoms with Crippen LogP contribution in [0, 0.1) is 0 Å². The summed E-state index contributed by atoms with van der Waals surface area (Å²) in [6.45, 7) is 3.65. The fraction of sp³-hybridized carbons (Fsp3) is 0.455. The van der Waals surface area contributed by atoms with Crippen molar-refractivity contribution in [3.8, 4) is 0 Å². The van der Waals surface area contributed by atoms with Crippen LogP contribution in [-0.2, 0) is 16.6 Å². The Morgan fingerprint density at radius 3 is 2.78 bits per heavy atom. The molecule has 1 aromatic heterocycles. The van der Waals surface area contributed by atoms with E-state index in [9.17, 15) is 8.42 Å². The second-order valence-corrected chi connectivity index (χ2v) is 6.50. The number of allylic oxidation sites excluding steroid dienone is 1. The Labute approximate surface area is 115 Å². The van der Waals surface area contributed by atoms with Crippen molar-refractivity contribution in [1.82, 2.24) is 4.31 Å². The summed E-state index contributed by atoms with van der Waals surface area (Å²) in [7, 11) is -2.08. The minimum atomic E-state index is -3.59. The molecule has 0 aliphatic rings. The lowest BCUT2D eigenvalue weighted by molar-refractivity contribution is 0.245. The van der Waals surface area contributed by atoms with Gasteiger partial charge in [-0.15, -0.1) is 6.58 Å². The van der Waals surface area contributed by atoms with Gasteiger partial charge in [-0.2, -0.15) is 0 Å². The zero-order valence-corrected chi connectivity index (χ0v) is 12.5. The minimum absolute atomic E-state index is 0.0349. The highest BCUT2D eigenvalue weighted by Gasteiger charge is 2.26. The maximum atomic E-state index is 12.2. The van der Waals surface area contributed by atoms with Crippen molar-refractivity contribution in [3.05, 3.63) is 29.2 Å². The molecular weight excluding hydrogens is 322 g/mol. The van der Waals surface area contributed by atoms with Crippen LogP contribution >= 0.6 is 15.9 Å². The Morgan fingerprint density at radius 1 is 1.61 bits per heavy atom. The number of sulfonamides is 1. The van der Waals surface area contributed by atoms with E-state index in [4.69, 9.17) is 9.52 Å². The molecule has 0 aliphatic carbocycles. The van der Waals surface area contributed by atoms with E-state index in [0.29, 0.717) is 13.0 Å². The van der Waals surface area contributed by atoms with Gasteiger partial charge in [0.2, 0.25) is 10.0 Å². The average molecular weight is 338 g/mol. The number of hydrogen-bond donors (Lipinski definition) is 1. The lowest BCUT2D eigenvalue weighted by Gasteiger charge is -2.15. The van der Waals surface area contributed by atoms with Crippen molar-refractivity contribution < 1.29 is 17.9 Å². The predicted molar refractivity (Wildman–Crippen MR) is 71.6 cm³/mol. The molecule has 1 aromatic rings. The molecule has 0 aromatic carbocycles. The Kier molecular flexibility index (Phi) is 5.58. The number of aliphatic hydroxyl groups is 1. The van der Waals surface area contributed by atoms with Gasteiger partial charge < -0.3 is 9.52 Å². The largest absolute Gasteiger partial charge is 0.450 e. The maximum absolute atomic E-state index is 12.2. The van der Waals surface area contributed by atoms with Crippen molar-refractivity contribution in [3.63, 3.8) is 0 Å².